The van der Waals surface area contributed by atoms with Crippen LogP contribution in [0.2, 0.25) is 0 Å². The highest BCUT2D eigenvalue weighted by Crippen LogP contribution is 2.33. The van der Waals surface area contributed by atoms with Crippen molar-refractivity contribution >= 4 is 34.9 Å². The normalized spacial score (nSPS) is 18.9. The largest absolute Gasteiger partial charge is 0.458 e. The molecule has 1 aliphatic carbocycles. The van der Waals surface area contributed by atoms with Crippen molar-refractivity contribution in [3.8, 4) is 5.75 Å². The number of dihydropyridines is 1. The standard InChI is InChI=1S/C28H27F2N5O5/c1-16(36)32-25-13-21(10-11-31-25)40-24-9-6-19(12-23(24)30)33-26(37)22-15-34(14-17-2-3-17)28(39)35(27(22)38)20-7-4-18(29)5-8-20/h4-9,12-13,15,17,28,39H,2-3,10-11,14H2,1H3,(H,33,37)(H,31,32,36). The van der Waals surface area contributed by atoms with Crippen LogP contribution in [-0.2, 0) is 14.4 Å². The summed E-state index contributed by atoms with van der Waals surface area (Å²) in [5.41, 5.74) is 0.0254. The van der Waals surface area contributed by atoms with Crippen LogP contribution in [0.25, 0.3) is 0 Å². The van der Waals surface area contributed by atoms with Crippen molar-refractivity contribution < 1.29 is 33.0 Å². The summed E-state index contributed by atoms with van der Waals surface area (Å²) in [6.45, 7) is 2.14. The molecule has 0 aromatic heterocycles. The quantitative estimate of drug-likeness (QED) is 0.455. The van der Waals surface area contributed by atoms with Crippen LogP contribution in [-0.4, -0.2) is 53.0 Å². The molecule has 2 aromatic carbocycles. The van der Waals surface area contributed by atoms with E-state index in [2.05, 4.69) is 15.6 Å². The number of carbonyl (C=O) groups excluding carboxylic acids is 3. The summed E-state index contributed by atoms with van der Waals surface area (Å²) >= 11 is 0. The van der Waals surface area contributed by atoms with Gasteiger partial charge in [0.2, 0.25) is 12.3 Å². The average Bonchev–Trinajstić information content (AvgIpc) is 3.72. The Bertz CT molecular complexity index is 1440. The van der Waals surface area contributed by atoms with Crippen LogP contribution in [0.1, 0.15) is 26.2 Å². The number of rotatable bonds is 7. The number of amidine groups is 1. The maximum absolute atomic E-state index is 14.9. The molecule has 0 radical (unpaired) electrons. The number of aliphatic hydroxyl groups is 1. The van der Waals surface area contributed by atoms with Gasteiger partial charge in [-0.15, -0.1) is 0 Å². The van der Waals surface area contributed by atoms with Crippen molar-refractivity contribution in [3.63, 3.8) is 0 Å². The molecule has 5 rings (SSSR count). The predicted octanol–water partition coefficient (Wildman–Crippen LogP) is 3.02. The Kier molecular flexibility index (Phi) is 7.60. The van der Waals surface area contributed by atoms with E-state index in [-0.39, 0.29) is 28.6 Å². The Balaban J connectivity index is 1.33. The van der Waals surface area contributed by atoms with Gasteiger partial charge in [-0.05, 0) is 55.2 Å². The van der Waals surface area contributed by atoms with Crippen molar-refractivity contribution in [2.45, 2.75) is 32.5 Å². The molecule has 1 fully saturated rings. The zero-order valence-corrected chi connectivity index (χ0v) is 21.6. The minimum Gasteiger partial charge on any atom is -0.458 e. The number of hydrogen-bond donors (Lipinski definition) is 3. The van der Waals surface area contributed by atoms with Gasteiger partial charge in [-0.1, -0.05) is 0 Å². The van der Waals surface area contributed by atoms with Crippen molar-refractivity contribution in [2.75, 3.05) is 23.3 Å². The maximum Gasteiger partial charge on any atom is 0.268 e. The molecule has 1 atom stereocenters. The van der Waals surface area contributed by atoms with E-state index in [4.69, 9.17) is 4.74 Å². The molecule has 1 unspecified atom stereocenters. The van der Waals surface area contributed by atoms with Gasteiger partial charge in [0.1, 0.15) is 23.0 Å². The SMILES string of the molecule is CC(=O)NC1=NCCC(Oc2ccc(NC(=O)C3=CN(CC4CC4)C(O)N(c4ccc(F)cc4)C3=O)cc2F)=C1. The zero-order valence-electron chi connectivity index (χ0n) is 21.6. The van der Waals surface area contributed by atoms with Gasteiger partial charge >= 0.3 is 0 Å². The first-order valence-electron chi connectivity index (χ1n) is 12.7. The number of hydrogen-bond acceptors (Lipinski definition) is 7. The molecule has 0 spiro atoms. The Morgan fingerprint density at radius 3 is 2.55 bits per heavy atom. The molecule has 40 heavy (non-hydrogen) atoms. The minimum absolute atomic E-state index is 0.0786. The fourth-order valence-corrected chi connectivity index (χ4v) is 4.32. The second-order valence-electron chi connectivity index (χ2n) is 9.69. The lowest BCUT2D eigenvalue weighted by molar-refractivity contribution is -0.124. The topological polar surface area (TPSA) is 124 Å². The molecule has 3 aliphatic rings. The first kappa shape index (κ1) is 27.0. The lowest BCUT2D eigenvalue weighted by Gasteiger charge is -2.39. The number of ether oxygens (including phenoxy) is 1. The highest BCUT2D eigenvalue weighted by Gasteiger charge is 2.39. The average molecular weight is 552 g/mol. The fourth-order valence-electron chi connectivity index (χ4n) is 4.32. The van der Waals surface area contributed by atoms with Crippen LogP contribution < -0.4 is 20.3 Å². The smallest absolute Gasteiger partial charge is 0.268 e. The monoisotopic (exact) mass is 551 g/mol. The minimum atomic E-state index is -1.38. The van der Waals surface area contributed by atoms with Gasteiger partial charge in [-0.3, -0.25) is 24.3 Å². The van der Waals surface area contributed by atoms with Gasteiger partial charge in [0.25, 0.3) is 11.8 Å². The molecular weight excluding hydrogens is 524 g/mol. The summed E-state index contributed by atoms with van der Waals surface area (Å²) in [7, 11) is 0. The molecular formula is C28H27F2N5O5. The summed E-state index contributed by atoms with van der Waals surface area (Å²) in [6, 6.07) is 8.80. The third-order valence-corrected chi connectivity index (χ3v) is 6.46. The van der Waals surface area contributed by atoms with Crippen LogP contribution in [0, 0.1) is 17.6 Å². The summed E-state index contributed by atoms with van der Waals surface area (Å²) in [5, 5.41) is 16.0. The molecule has 2 aromatic rings. The predicted molar refractivity (Wildman–Crippen MR) is 142 cm³/mol. The zero-order chi connectivity index (χ0) is 28.4. The third-order valence-electron chi connectivity index (χ3n) is 6.46. The molecule has 0 saturated heterocycles. The van der Waals surface area contributed by atoms with Crippen molar-refractivity contribution in [1.29, 1.82) is 0 Å². The van der Waals surface area contributed by atoms with Gasteiger partial charge in [-0.25, -0.2) is 8.78 Å². The number of nitrogens with one attached hydrogen (secondary N) is 2. The first-order valence-corrected chi connectivity index (χ1v) is 12.7. The van der Waals surface area contributed by atoms with Gasteiger partial charge in [0, 0.05) is 56.2 Å². The highest BCUT2D eigenvalue weighted by molar-refractivity contribution is 6.27. The number of amides is 3. The highest BCUT2D eigenvalue weighted by atomic mass is 19.1. The van der Waals surface area contributed by atoms with Crippen LogP contribution in [0.15, 0.2) is 71.1 Å². The Labute approximate surface area is 228 Å². The number of nitrogens with zero attached hydrogens (tertiary/aromatic N) is 3. The summed E-state index contributed by atoms with van der Waals surface area (Å²) in [6.07, 6.45) is 3.78. The molecule has 2 heterocycles. The molecule has 12 heteroatoms. The van der Waals surface area contributed by atoms with E-state index < -0.39 is 29.8 Å². The molecule has 10 nitrogen and oxygen atoms in total. The van der Waals surface area contributed by atoms with E-state index >= 15 is 0 Å². The van der Waals surface area contributed by atoms with E-state index in [1.54, 1.807) is 0 Å². The molecule has 1 saturated carbocycles. The van der Waals surface area contributed by atoms with Gasteiger partial charge < -0.3 is 25.4 Å². The van der Waals surface area contributed by atoms with E-state index in [9.17, 15) is 28.3 Å². The lowest BCUT2D eigenvalue weighted by Crippen LogP contribution is -2.55. The van der Waals surface area contributed by atoms with Gasteiger partial charge in [-0.2, -0.15) is 0 Å². The molecule has 3 amide bonds. The molecule has 0 bridgehead atoms. The third kappa shape index (κ3) is 6.18. The van der Waals surface area contributed by atoms with E-state index in [1.807, 2.05) is 0 Å². The number of benzene rings is 2. The summed E-state index contributed by atoms with van der Waals surface area (Å²) in [5.74, 6) is -2.20. The van der Waals surface area contributed by atoms with E-state index in [0.717, 1.165) is 35.9 Å². The lowest BCUT2D eigenvalue weighted by atomic mass is 10.1. The van der Waals surface area contributed by atoms with Crippen molar-refractivity contribution in [2.24, 2.45) is 10.9 Å². The van der Waals surface area contributed by atoms with Crippen LogP contribution in [0.5, 0.6) is 5.75 Å². The first-order chi connectivity index (χ1) is 19.2. The number of aliphatic hydroxyl groups excluding tert-OH is 1. The molecule has 208 valence electrons. The Morgan fingerprint density at radius 1 is 1.12 bits per heavy atom. The van der Waals surface area contributed by atoms with Gasteiger partial charge in [0.15, 0.2) is 11.6 Å². The van der Waals surface area contributed by atoms with Crippen LogP contribution in [0.4, 0.5) is 20.2 Å². The Morgan fingerprint density at radius 2 is 1.88 bits per heavy atom. The number of halogens is 2. The number of aliphatic imine (C=N–C) groups is 1. The summed E-state index contributed by atoms with van der Waals surface area (Å²) in [4.78, 5) is 44.4. The number of carbonyl (C=O) groups is 3. The molecule has 2 aliphatic heterocycles. The van der Waals surface area contributed by atoms with Gasteiger partial charge in [0.05, 0.1) is 0 Å². The second kappa shape index (κ2) is 11.3. The van der Waals surface area contributed by atoms with Crippen LogP contribution >= 0.6 is 0 Å². The van der Waals surface area contributed by atoms with Crippen molar-refractivity contribution in [1.82, 2.24) is 10.2 Å². The second-order valence-corrected chi connectivity index (χ2v) is 9.69. The number of anilines is 2. The van der Waals surface area contributed by atoms with Crippen molar-refractivity contribution in [3.05, 3.63) is 77.7 Å². The van der Waals surface area contributed by atoms with Crippen LogP contribution in [0.3, 0.4) is 0 Å². The maximum atomic E-state index is 14.9. The Hall–Kier alpha value is -4.58. The summed E-state index contributed by atoms with van der Waals surface area (Å²) < 4.78 is 34.0. The fraction of sp³-hybridized carbons (Fsp3) is 0.286. The van der Waals surface area contributed by atoms with E-state index in [1.165, 1.54) is 48.4 Å². The van der Waals surface area contributed by atoms with E-state index in [0.29, 0.717) is 37.0 Å². The molecule has 3 N–H and O–H groups in total.